The minimum Gasteiger partial charge on any atom is -0.494 e. The molecule has 0 saturated heterocycles. The van der Waals surface area contributed by atoms with Crippen LogP contribution < -0.4 is 4.74 Å². The molecule has 1 aromatic heterocycles. The molecule has 1 aromatic carbocycles. The summed E-state index contributed by atoms with van der Waals surface area (Å²) in [5.41, 5.74) is 2.12. The Bertz CT molecular complexity index is 572. The van der Waals surface area contributed by atoms with Crippen LogP contribution in [0.3, 0.4) is 0 Å². The van der Waals surface area contributed by atoms with Crippen molar-refractivity contribution >= 4 is 16.9 Å². The zero-order valence-electron chi connectivity index (χ0n) is 10.6. The number of rotatable bonds is 5. The Morgan fingerprint density at radius 3 is 2.83 bits per heavy atom. The smallest absolute Gasteiger partial charge is 0.303 e. The van der Waals surface area contributed by atoms with Crippen LogP contribution in [0.4, 0.5) is 0 Å². The van der Waals surface area contributed by atoms with Crippen LogP contribution in [0.25, 0.3) is 10.9 Å². The Morgan fingerprint density at radius 1 is 1.39 bits per heavy atom. The SMILES string of the molecule is CCOc1ccc2c(c1)cc(CCC(=O)O)n2C. The minimum absolute atomic E-state index is 0.155. The molecule has 4 heteroatoms. The van der Waals surface area contributed by atoms with E-state index < -0.39 is 5.97 Å². The molecule has 18 heavy (non-hydrogen) atoms. The fourth-order valence-corrected chi connectivity index (χ4v) is 2.12. The van der Waals surface area contributed by atoms with E-state index in [1.54, 1.807) is 0 Å². The van der Waals surface area contributed by atoms with E-state index in [2.05, 4.69) is 0 Å². The van der Waals surface area contributed by atoms with Gasteiger partial charge in [0.1, 0.15) is 5.75 Å². The van der Waals surface area contributed by atoms with Gasteiger partial charge in [0.25, 0.3) is 0 Å². The maximum atomic E-state index is 10.6. The molecule has 2 aromatic rings. The second-order valence-corrected chi connectivity index (χ2v) is 4.24. The lowest BCUT2D eigenvalue weighted by atomic mass is 10.2. The Kier molecular flexibility index (Phi) is 3.55. The van der Waals surface area contributed by atoms with Crippen molar-refractivity contribution in [2.24, 2.45) is 7.05 Å². The monoisotopic (exact) mass is 247 g/mol. The molecule has 96 valence electrons. The molecule has 1 heterocycles. The molecule has 0 aliphatic carbocycles. The summed E-state index contributed by atoms with van der Waals surface area (Å²) in [5.74, 6) is 0.0793. The maximum absolute atomic E-state index is 10.6. The molecule has 0 saturated carbocycles. The number of hydrogen-bond acceptors (Lipinski definition) is 2. The van der Waals surface area contributed by atoms with Crippen LogP contribution in [0.2, 0.25) is 0 Å². The van der Waals surface area contributed by atoms with Crippen molar-refractivity contribution in [1.82, 2.24) is 4.57 Å². The number of aliphatic carboxylic acids is 1. The highest BCUT2D eigenvalue weighted by Crippen LogP contribution is 2.24. The number of fused-ring (bicyclic) bond motifs is 1. The van der Waals surface area contributed by atoms with Gasteiger partial charge in [-0.1, -0.05) is 0 Å². The Morgan fingerprint density at radius 2 is 2.17 bits per heavy atom. The largest absolute Gasteiger partial charge is 0.494 e. The quantitative estimate of drug-likeness (QED) is 0.883. The van der Waals surface area contributed by atoms with Gasteiger partial charge in [-0.3, -0.25) is 4.79 Å². The molecule has 0 aliphatic rings. The Hall–Kier alpha value is -1.97. The molecule has 0 aliphatic heterocycles. The van der Waals surface area contributed by atoms with Crippen LogP contribution in [-0.4, -0.2) is 22.2 Å². The zero-order chi connectivity index (χ0) is 13.1. The summed E-state index contributed by atoms with van der Waals surface area (Å²) in [5, 5.41) is 9.81. The van der Waals surface area contributed by atoms with Crippen molar-refractivity contribution in [2.75, 3.05) is 6.61 Å². The number of carboxylic acid groups (broad SMARTS) is 1. The van der Waals surface area contributed by atoms with E-state index in [-0.39, 0.29) is 6.42 Å². The predicted molar refractivity (Wildman–Crippen MR) is 70.0 cm³/mol. The van der Waals surface area contributed by atoms with Gasteiger partial charge in [-0.05, 0) is 37.6 Å². The normalized spacial score (nSPS) is 10.8. The highest BCUT2D eigenvalue weighted by molar-refractivity contribution is 5.83. The molecule has 1 N–H and O–H groups in total. The highest BCUT2D eigenvalue weighted by atomic mass is 16.5. The summed E-state index contributed by atoms with van der Waals surface area (Å²) in [6.07, 6.45) is 0.701. The van der Waals surface area contributed by atoms with Crippen LogP contribution in [0.5, 0.6) is 5.75 Å². The van der Waals surface area contributed by atoms with Gasteiger partial charge in [0, 0.05) is 23.6 Å². The van der Waals surface area contributed by atoms with Gasteiger partial charge in [-0.25, -0.2) is 0 Å². The summed E-state index contributed by atoms with van der Waals surface area (Å²) in [7, 11) is 1.96. The molecule has 0 bridgehead atoms. The van der Waals surface area contributed by atoms with Crippen LogP contribution in [0.15, 0.2) is 24.3 Å². The molecule has 0 amide bonds. The number of aromatic nitrogens is 1. The third-order valence-electron chi connectivity index (χ3n) is 3.02. The van der Waals surface area contributed by atoms with Gasteiger partial charge >= 0.3 is 5.97 Å². The van der Waals surface area contributed by atoms with Gasteiger partial charge in [-0.2, -0.15) is 0 Å². The number of carbonyl (C=O) groups is 1. The first-order valence-corrected chi connectivity index (χ1v) is 6.04. The molecule has 0 spiro atoms. The number of nitrogens with zero attached hydrogens (tertiary/aromatic N) is 1. The fraction of sp³-hybridized carbons (Fsp3) is 0.357. The minimum atomic E-state index is -0.768. The van der Waals surface area contributed by atoms with Crippen molar-refractivity contribution in [3.63, 3.8) is 0 Å². The number of benzene rings is 1. The van der Waals surface area contributed by atoms with E-state index in [0.717, 1.165) is 22.3 Å². The van der Waals surface area contributed by atoms with Crippen LogP contribution in [0.1, 0.15) is 19.0 Å². The lowest BCUT2D eigenvalue weighted by molar-refractivity contribution is -0.136. The molecule has 0 fully saturated rings. The van der Waals surface area contributed by atoms with Crippen LogP contribution in [0, 0.1) is 0 Å². The van der Waals surface area contributed by atoms with Gasteiger partial charge in [-0.15, -0.1) is 0 Å². The van der Waals surface area contributed by atoms with Crippen molar-refractivity contribution in [3.05, 3.63) is 30.0 Å². The first-order chi connectivity index (χ1) is 8.61. The van der Waals surface area contributed by atoms with E-state index in [1.165, 1.54) is 0 Å². The third-order valence-corrected chi connectivity index (χ3v) is 3.02. The van der Waals surface area contributed by atoms with E-state index in [1.807, 2.05) is 42.8 Å². The van der Waals surface area contributed by atoms with Crippen molar-refractivity contribution in [3.8, 4) is 5.75 Å². The average Bonchev–Trinajstić information content (AvgIpc) is 2.64. The standard InChI is InChI=1S/C14H17NO3/c1-3-18-12-5-6-13-10(9-12)8-11(15(13)2)4-7-14(16)17/h5-6,8-9H,3-4,7H2,1-2H3,(H,16,17). The number of hydrogen-bond donors (Lipinski definition) is 1. The molecular weight excluding hydrogens is 230 g/mol. The Labute approximate surface area is 106 Å². The van der Waals surface area contributed by atoms with E-state index in [9.17, 15) is 4.79 Å². The third kappa shape index (κ3) is 2.47. The second-order valence-electron chi connectivity index (χ2n) is 4.24. The second kappa shape index (κ2) is 5.12. The number of carboxylic acids is 1. The molecule has 0 unspecified atom stereocenters. The van der Waals surface area contributed by atoms with E-state index in [4.69, 9.17) is 9.84 Å². The molecular formula is C14H17NO3. The summed E-state index contributed by atoms with van der Waals surface area (Å²) in [6, 6.07) is 7.96. The van der Waals surface area contributed by atoms with E-state index in [0.29, 0.717) is 13.0 Å². The summed E-state index contributed by atoms with van der Waals surface area (Å²) in [6.45, 7) is 2.59. The predicted octanol–water partition coefficient (Wildman–Crippen LogP) is 2.59. The Balaban J connectivity index is 2.33. The first kappa shape index (κ1) is 12.5. The molecule has 2 rings (SSSR count). The fourth-order valence-electron chi connectivity index (χ4n) is 2.12. The summed E-state index contributed by atoms with van der Waals surface area (Å²) in [4.78, 5) is 10.6. The lowest BCUT2D eigenvalue weighted by Crippen LogP contribution is -2.01. The van der Waals surface area contributed by atoms with Gasteiger partial charge < -0.3 is 14.4 Å². The van der Waals surface area contributed by atoms with Crippen LogP contribution >= 0.6 is 0 Å². The van der Waals surface area contributed by atoms with Crippen LogP contribution in [-0.2, 0) is 18.3 Å². The maximum Gasteiger partial charge on any atom is 0.303 e. The average molecular weight is 247 g/mol. The van der Waals surface area contributed by atoms with Gasteiger partial charge in [0.05, 0.1) is 13.0 Å². The van der Waals surface area contributed by atoms with Gasteiger partial charge in [0.15, 0.2) is 0 Å². The summed E-state index contributed by atoms with van der Waals surface area (Å²) < 4.78 is 7.49. The topological polar surface area (TPSA) is 51.5 Å². The van der Waals surface area contributed by atoms with Crippen molar-refractivity contribution in [2.45, 2.75) is 19.8 Å². The van der Waals surface area contributed by atoms with Gasteiger partial charge in [0.2, 0.25) is 0 Å². The zero-order valence-corrected chi connectivity index (χ0v) is 10.6. The molecule has 0 radical (unpaired) electrons. The highest BCUT2D eigenvalue weighted by Gasteiger charge is 2.08. The molecule has 0 atom stereocenters. The van der Waals surface area contributed by atoms with Crippen molar-refractivity contribution in [1.29, 1.82) is 0 Å². The van der Waals surface area contributed by atoms with E-state index >= 15 is 0 Å². The van der Waals surface area contributed by atoms with Crippen molar-refractivity contribution < 1.29 is 14.6 Å². The number of aryl methyl sites for hydroxylation is 2. The molecule has 4 nitrogen and oxygen atoms in total. The lowest BCUT2D eigenvalue weighted by Gasteiger charge is -2.04. The number of ether oxygens (including phenoxy) is 1. The summed E-state index contributed by atoms with van der Waals surface area (Å²) >= 11 is 0. The first-order valence-electron chi connectivity index (χ1n) is 6.04.